The Kier molecular flexibility index (Phi) is 8.92. The van der Waals surface area contributed by atoms with E-state index in [-0.39, 0.29) is 11.8 Å². The highest BCUT2D eigenvalue weighted by Crippen LogP contribution is 2.15. The van der Waals surface area contributed by atoms with Crippen molar-refractivity contribution in [3.63, 3.8) is 0 Å². The molecule has 1 rings (SSSR count). The fourth-order valence-electron chi connectivity index (χ4n) is 2.32. The first kappa shape index (κ1) is 19.0. The fourth-order valence-corrected chi connectivity index (χ4v) is 4.56. The molecule has 0 saturated carbocycles. The molecule has 0 aromatic carbocycles. The van der Waals surface area contributed by atoms with Crippen LogP contribution in [0, 0.1) is 0 Å². The fraction of sp³-hybridized carbons (Fsp3) is 0.923. The zero-order chi connectivity index (χ0) is 15.7. The van der Waals surface area contributed by atoms with Crippen LogP contribution in [0.2, 0.25) is 0 Å². The number of sulfonamides is 1. The van der Waals surface area contributed by atoms with Gasteiger partial charge in [0.2, 0.25) is 10.0 Å². The van der Waals surface area contributed by atoms with E-state index in [1.165, 1.54) is 0 Å². The smallest absolute Gasteiger partial charge is 0.214 e. The van der Waals surface area contributed by atoms with E-state index in [0.29, 0.717) is 24.6 Å². The molecule has 0 radical (unpaired) electrons. The highest BCUT2D eigenvalue weighted by molar-refractivity contribution is 7.98. The van der Waals surface area contributed by atoms with Gasteiger partial charge in [0, 0.05) is 25.7 Å². The third-order valence-corrected chi connectivity index (χ3v) is 6.49. The second kappa shape index (κ2) is 9.86. The van der Waals surface area contributed by atoms with Crippen LogP contribution >= 0.6 is 24.0 Å². The lowest BCUT2D eigenvalue weighted by molar-refractivity contribution is 0.307. The zero-order valence-corrected chi connectivity index (χ0v) is 15.4. The molecule has 0 aromatic rings. The molecule has 21 heavy (non-hydrogen) atoms. The molecule has 1 aliphatic heterocycles. The summed E-state index contributed by atoms with van der Waals surface area (Å²) in [6.07, 6.45) is 5.49. The van der Waals surface area contributed by atoms with Crippen molar-refractivity contribution in [2.75, 3.05) is 37.4 Å². The molecule has 124 valence electrons. The second-order valence-corrected chi connectivity index (χ2v) is 8.72. The topological polar surface area (TPSA) is 61.4 Å². The van der Waals surface area contributed by atoms with E-state index in [0.717, 1.165) is 31.6 Å². The third kappa shape index (κ3) is 7.17. The van der Waals surface area contributed by atoms with E-state index in [2.05, 4.69) is 16.9 Å². The van der Waals surface area contributed by atoms with Crippen LogP contribution in [-0.2, 0) is 10.0 Å². The first-order valence-corrected chi connectivity index (χ1v) is 10.9. The molecule has 0 aliphatic carbocycles. The lowest BCUT2D eigenvalue weighted by atomic mass is 10.1. The Morgan fingerprint density at radius 3 is 2.62 bits per heavy atom. The molecule has 0 atom stereocenters. The van der Waals surface area contributed by atoms with Crippen LogP contribution in [0.15, 0.2) is 0 Å². The molecule has 0 amide bonds. The molecule has 8 heteroatoms. The molecular formula is C13H27N3O2S3. The number of nitrogens with zero attached hydrogens (tertiary/aromatic N) is 1. The highest BCUT2D eigenvalue weighted by Gasteiger charge is 2.27. The molecule has 5 nitrogen and oxygen atoms in total. The standard InChI is InChI=1S/C13H27N3O2S3/c1-3-11-21(17,18)16-8-5-12(6-9-16)15-13(19)14-7-4-10-20-2/h12H,3-11H2,1-2H3,(H2,14,15,19). The SMILES string of the molecule is CCCS(=O)(=O)N1CCC(NC(=S)NCCCSC)CC1. The average molecular weight is 354 g/mol. The minimum absolute atomic E-state index is 0.250. The van der Waals surface area contributed by atoms with Gasteiger partial charge in [-0.2, -0.15) is 11.8 Å². The van der Waals surface area contributed by atoms with Gasteiger partial charge in [-0.1, -0.05) is 6.92 Å². The van der Waals surface area contributed by atoms with Crippen molar-refractivity contribution < 1.29 is 8.42 Å². The Morgan fingerprint density at radius 2 is 2.05 bits per heavy atom. The summed E-state index contributed by atoms with van der Waals surface area (Å²) in [5.41, 5.74) is 0. The summed E-state index contributed by atoms with van der Waals surface area (Å²) in [5, 5.41) is 7.18. The van der Waals surface area contributed by atoms with Crippen molar-refractivity contribution in [3.8, 4) is 0 Å². The molecule has 1 saturated heterocycles. The van der Waals surface area contributed by atoms with Crippen molar-refractivity contribution in [1.29, 1.82) is 0 Å². The summed E-state index contributed by atoms with van der Waals surface area (Å²) in [6, 6.07) is 0.277. The molecule has 1 aliphatic rings. The highest BCUT2D eigenvalue weighted by atomic mass is 32.2. The van der Waals surface area contributed by atoms with Gasteiger partial charge in [-0.15, -0.1) is 0 Å². The van der Waals surface area contributed by atoms with Gasteiger partial charge in [-0.25, -0.2) is 12.7 Å². The monoisotopic (exact) mass is 353 g/mol. The quantitative estimate of drug-likeness (QED) is 0.508. The van der Waals surface area contributed by atoms with E-state index in [4.69, 9.17) is 12.2 Å². The summed E-state index contributed by atoms with van der Waals surface area (Å²) < 4.78 is 25.6. The molecule has 1 heterocycles. The van der Waals surface area contributed by atoms with E-state index in [1.807, 2.05) is 18.7 Å². The maximum atomic E-state index is 12.0. The number of hydrogen-bond donors (Lipinski definition) is 2. The molecule has 0 aromatic heterocycles. The molecule has 2 N–H and O–H groups in total. The Balaban J connectivity index is 2.25. The normalized spacial score (nSPS) is 17.6. The summed E-state index contributed by atoms with van der Waals surface area (Å²) >= 11 is 7.10. The van der Waals surface area contributed by atoms with Crippen LogP contribution in [0.25, 0.3) is 0 Å². The van der Waals surface area contributed by atoms with Crippen molar-refractivity contribution in [1.82, 2.24) is 14.9 Å². The lowest BCUT2D eigenvalue weighted by Gasteiger charge is -2.32. The number of thiocarbonyl (C=S) groups is 1. The van der Waals surface area contributed by atoms with Crippen LogP contribution < -0.4 is 10.6 Å². The molecule has 1 fully saturated rings. The largest absolute Gasteiger partial charge is 0.363 e. The van der Waals surface area contributed by atoms with Crippen LogP contribution in [0.5, 0.6) is 0 Å². The first-order valence-electron chi connectivity index (χ1n) is 7.50. The zero-order valence-electron chi connectivity index (χ0n) is 12.9. The van der Waals surface area contributed by atoms with Crippen molar-refractivity contribution >= 4 is 39.1 Å². The van der Waals surface area contributed by atoms with Gasteiger partial charge in [0.1, 0.15) is 0 Å². The second-order valence-electron chi connectivity index (χ2n) is 5.24. The van der Waals surface area contributed by atoms with Crippen molar-refractivity contribution in [2.45, 2.75) is 38.6 Å². The van der Waals surface area contributed by atoms with Crippen LogP contribution in [0.1, 0.15) is 32.6 Å². The van der Waals surface area contributed by atoms with Gasteiger partial charge in [-0.05, 0) is 49.9 Å². The number of rotatable bonds is 8. The van der Waals surface area contributed by atoms with E-state index >= 15 is 0 Å². The summed E-state index contributed by atoms with van der Waals surface area (Å²) in [4.78, 5) is 0. The maximum absolute atomic E-state index is 12.0. The number of hydrogen-bond acceptors (Lipinski definition) is 4. The minimum Gasteiger partial charge on any atom is -0.363 e. The third-order valence-electron chi connectivity index (χ3n) is 3.46. The van der Waals surface area contributed by atoms with E-state index in [9.17, 15) is 8.42 Å². The summed E-state index contributed by atoms with van der Waals surface area (Å²) in [6.45, 7) is 3.97. The van der Waals surface area contributed by atoms with Gasteiger partial charge in [-0.3, -0.25) is 0 Å². The Morgan fingerprint density at radius 1 is 1.38 bits per heavy atom. The van der Waals surface area contributed by atoms with Gasteiger partial charge < -0.3 is 10.6 Å². The van der Waals surface area contributed by atoms with Crippen molar-refractivity contribution in [2.24, 2.45) is 0 Å². The molecule has 0 bridgehead atoms. The van der Waals surface area contributed by atoms with Crippen LogP contribution in [0.4, 0.5) is 0 Å². The van der Waals surface area contributed by atoms with Gasteiger partial charge in [0.05, 0.1) is 5.75 Å². The maximum Gasteiger partial charge on any atom is 0.214 e. The number of nitrogens with one attached hydrogen (secondary N) is 2. The Bertz CT molecular complexity index is 407. The predicted octanol–water partition coefficient (Wildman–Crippen LogP) is 1.41. The predicted molar refractivity (Wildman–Crippen MR) is 95.4 cm³/mol. The Hall–Kier alpha value is -0.0500. The van der Waals surface area contributed by atoms with Crippen LogP contribution in [0.3, 0.4) is 0 Å². The van der Waals surface area contributed by atoms with Gasteiger partial charge in [0.15, 0.2) is 5.11 Å². The van der Waals surface area contributed by atoms with Crippen molar-refractivity contribution in [3.05, 3.63) is 0 Å². The van der Waals surface area contributed by atoms with Gasteiger partial charge >= 0.3 is 0 Å². The number of thioether (sulfide) groups is 1. The van der Waals surface area contributed by atoms with E-state index < -0.39 is 10.0 Å². The number of piperidine rings is 1. The van der Waals surface area contributed by atoms with E-state index in [1.54, 1.807) is 4.31 Å². The minimum atomic E-state index is -3.05. The molecule has 0 unspecified atom stereocenters. The van der Waals surface area contributed by atoms with Crippen LogP contribution in [-0.4, -0.2) is 61.3 Å². The Labute approximate surface area is 138 Å². The first-order chi connectivity index (χ1) is 9.99. The average Bonchev–Trinajstić information content (AvgIpc) is 2.44. The molecular weight excluding hydrogens is 326 g/mol. The van der Waals surface area contributed by atoms with Gasteiger partial charge in [0.25, 0.3) is 0 Å². The summed E-state index contributed by atoms with van der Waals surface area (Å²) in [7, 11) is -3.05. The lowest BCUT2D eigenvalue weighted by Crippen LogP contribution is -2.49. The molecule has 0 spiro atoms. The summed E-state index contributed by atoms with van der Waals surface area (Å²) in [5.74, 6) is 1.38.